The van der Waals surface area contributed by atoms with Crippen molar-refractivity contribution in [2.75, 3.05) is 13.7 Å². The molecule has 0 fully saturated rings. The highest BCUT2D eigenvalue weighted by atomic mass is 16.5. The fraction of sp³-hybridized carbons (Fsp3) is 0.385. The van der Waals surface area contributed by atoms with Crippen molar-refractivity contribution in [2.24, 2.45) is 0 Å². The van der Waals surface area contributed by atoms with Crippen LogP contribution in [0.4, 0.5) is 0 Å². The Hall–Kier alpha value is -3.08. The molecule has 0 bridgehead atoms. The summed E-state index contributed by atoms with van der Waals surface area (Å²) in [7, 11) is 1.60. The number of ether oxygens (including phenoxy) is 2. The van der Waals surface area contributed by atoms with Crippen molar-refractivity contribution in [3.8, 4) is 11.5 Å². The SMILES string of the molecule is CCOc1ccc(C2CC(=O)NC3=C2C(=O)CC(c2ccc(CC)cc2)C3)cc1OC. The molecule has 162 valence electrons. The average Bonchev–Trinajstić information content (AvgIpc) is 2.78. The lowest BCUT2D eigenvalue weighted by Gasteiger charge is -2.34. The van der Waals surface area contributed by atoms with Crippen molar-refractivity contribution in [3.05, 3.63) is 70.4 Å². The van der Waals surface area contributed by atoms with Crippen LogP contribution >= 0.6 is 0 Å². The van der Waals surface area contributed by atoms with Crippen molar-refractivity contribution in [1.82, 2.24) is 5.32 Å². The third-order valence-corrected chi connectivity index (χ3v) is 6.29. The predicted octanol–water partition coefficient (Wildman–Crippen LogP) is 4.66. The van der Waals surface area contributed by atoms with Crippen LogP contribution in [0.15, 0.2) is 53.7 Å². The first-order chi connectivity index (χ1) is 15.0. The molecule has 2 atom stereocenters. The highest BCUT2D eigenvalue weighted by Gasteiger charge is 2.38. The van der Waals surface area contributed by atoms with E-state index in [9.17, 15) is 9.59 Å². The monoisotopic (exact) mass is 419 g/mol. The third kappa shape index (κ3) is 4.22. The van der Waals surface area contributed by atoms with Gasteiger partial charge in [0.1, 0.15) is 0 Å². The molecule has 4 rings (SSSR count). The molecule has 1 aliphatic carbocycles. The summed E-state index contributed by atoms with van der Waals surface area (Å²) in [5.41, 5.74) is 4.85. The smallest absolute Gasteiger partial charge is 0.225 e. The van der Waals surface area contributed by atoms with E-state index in [1.165, 1.54) is 5.56 Å². The molecule has 2 aromatic rings. The maximum atomic E-state index is 13.3. The number of carbonyl (C=O) groups excluding carboxylic acids is 2. The molecule has 5 heteroatoms. The van der Waals surface area contributed by atoms with Gasteiger partial charge < -0.3 is 14.8 Å². The summed E-state index contributed by atoms with van der Waals surface area (Å²) in [5, 5.41) is 2.99. The van der Waals surface area contributed by atoms with Crippen LogP contribution in [0.3, 0.4) is 0 Å². The van der Waals surface area contributed by atoms with Crippen molar-refractivity contribution < 1.29 is 19.1 Å². The van der Waals surface area contributed by atoms with E-state index in [-0.39, 0.29) is 29.9 Å². The lowest BCUT2D eigenvalue weighted by atomic mass is 9.73. The van der Waals surface area contributed by atoms with Gasteiger partial charge in [-0.25, -0.2) is 0 Å². The molecule has 0 saturated carbocycles. The molecule has 0 aromatic heterocycles. The van der Waals surface area contributed by atoms with Crippen molar-refractivity contribution >= 4 is 11.7 Å². The summed E-state index contributed by atoms with van der Waals surface area (Å²) in [6.45, 7) is 4.59. The van der Waals surface area contributed by atoms with Crippen LogP contribution in [0.2, 0.25) is 0 Å². The van der Waals surface area contributed by atoms with Crippen LogP contribution in [0.25, 0.3) is 0 Å². The Morgan fingerprint density at radius 2 is 1.68 bits per heavy atom. The van der Waals surface area contributed by atoms with Gasteiger partial charge in [0.2, 0.25) is 5.91 Å². The van der Waals surface area contributed by atoms with E-state index in [1.54, 1.807) is 7.11 Å². The fourth-order valence-electron chi connectivity index (χ4n) is 4.68. The Kier molecular flexibility index (Phi) is 6.12. The number of carbonyl (C=O) groups is 2. The van der Waals surface area contributed by atoms with E-state index in [0.717, 1.165) is 28.8 Å². The van der Waals surface area contributed by atoms with E-state index in [4.69, 9.17) is 9.47 Å². The minimum absolute atomic E-state index is 0.0496. The van der Waals surface area contributed by atoms with Crippen LogP contribution in [0, 0.1) is 0 Å². The number of hydrogen-bond acceptors (Lipinski definition) is 4. The van der Waals surface area contributed by atoms with Crippen molar-refractivity contribution in [1.29, 1.82) is 0 Å². The summed E-state index contributed by atoms with van der Waals surface area (Å²) >= 11 is 0. The predicted molar refractivity (Wildman–Crippen MR) is 119 cm³/mol. The van der Waals surface area contributed by atoms with Crippen LogP contribution in [0.1, 0.15) is 61.6 Å². The topological polar surface area (TPSA) is 64.6 Å². The number of rotatable bonds is 6. The minimum atomic E-state index is -0.260. The first-order valence-electron chi connectivity index (χ1n) is 11.0. The molecule has 2 aliphatic rings. The van der Waals surface area contributed by atoms with E-state index in [1.807, 2.05) is 25.1 Å². The third-order valence-electron chi connectivity index (χ3n) is 6.29. The summed E-state index contributed by atoms with van der Waals surface area (Å²) in [5.74, 6) is 1.17. The zero-order chi connectivity index (χ0) is 22.0. The zero-order valence-corrected chi connectivity index (χ0v) is 18.4. The zero-order valence-electron chi connectivity index (χ0n) is 18.4. The lowest BCUT2D eigenvalue weighted by Crippen LogP contribution is -2.38. The van der Waals surface area contributed by atoms with Crippen LogP contribution in [-0.4, -0.2) is 25.4 Å². The number of Topliss-reactive ketones (excluding diaryl/α,β-unsaturated/α-hetero) is 1. The van der Waals surface area contributed by atoms with Crippen molar-refractivity contribution in [3.63, 3.8) is 0 Å². The highest BCUT2D eigenvalue weighted by Crippen LogP contribution is 2.44. The summed E-state index contributed by atoms with van der Waals surface area (Å²) < 4.78 is 11.1. The van der Waals surface area contributed by atoms with Crippen molar-refractivity contribution in [2.45, 2.75) is 51.4 Å². The molecular formula is C26H29NO4. The number of amides is 1. The number of methoxy groups -OCH3 is 1. The Balaban J connectivity index is 1.67. The van der Waals surface area contributed by atoms with E-state index in [0.29, 0.717) is 30.9 Å². The Labute approximate surface area is 183 Å². The van der Waals surface area contributed by atoms with Gasteiger partial charge in [-0.05, 0) is 54.5 Å². The lowest BCUT2D eigenvalue weighted by molar-refractivity contribution is -0.122. The molecule has 0 radical (unpaired) electrons. The Morgan fingerprint density at radius 3 is 2.35 bits per heavy atom. The number of benzene rings is 2. The van der Waals surface area contributed by atoms with E-state index < -0.39 is 0 Å². The van der Waals surface area contributed by atoms with Crippen LogP contribution < -0.4 is 14.8 Å². The van der Waals surface area contributed by atoms with Gasteiger partial charge >= 0.3 is 0 Å². The molecule has 0 saturated heterocycles. The Morgan fingerprint density at radius 1 is 0.935 bits per heavy atom. The molecule has 2 aromatic carbocycles. The van der Waals surface area contributed by atoms with Gasteiger partial charge in [-0.15, -0.1) is 0 Å². The number of hydrogen-bond donors (Lipinski definition) is 1. The first kappa shape index (κ1) is 21.2. The van der Waals surface area contributed by atoms with E-state index >= 15 is 0 Å². The standard InChI is InChI=1S/C26H29NO4/c1-4-16-6-8-17(9-7-16)19-12-21-26(22(28)13-19)20(15-25(29)27-21)18-10-11-23(31-5-2)24(14-18)30-3/h6-11,14,19-20H,4-5,12-13,15H2,1-3H3,(H,27,29). The van der Waals surface area contributed by atoms with Gasteiger partial charge in [0.15, 0.2) is 17.3 Å². The number of nitrogens with one attached hydrogen (secondary N) is 1. The maximum Gasteiger partial charge on any atom is 0.225 e. The molecule has 1 aliphatic heterocycles. The molecule has 1 amide bonds. The highest BCUT2D eigenvalue weighted by molar-refractivity contribution is 6.02. The minimum Gasteiger partial charge on any atom is -0.493 e. The molecule has 31 heavy (non-hydrogen) atoms. The molecular weight excluding hydrogens is 390 g/mol. The number of allylic oxidation sites excluding steroid dienone is 2. The van der Waals surface area contributed by atoms with Gasteiger partial charge in [0.05, 0.1) is 13.7 Å². The van der Waals surface area contributed by atoms with Gasteiger partial charge in [0.25, 0.3) is 0 Å². The quantitative estimate of drug-likeness (QED) is 0.740. The van der Waals surface area contributed by atoms with Gasteiger partial charge in [-0.2, -0.15) is 0 Å². The maximum absolute atomic E-state index is 13.3. The van der Waals surface area contributed by atoms with Crippen LogP contribution in [0.5, 0.6) is 11.5 Å². The molecule has 2 unspecified atom stereocenters. The summed E-state index contributed by atoms with van der Waals surface area (Å²) in [4.78, 5) is 25.8. The summed E-state index contributed by atoms with van der Waals surface area (Å²) in [6.07, 6.45) is 2.38. The Bertz CT molecular complexity index is 1020. The van der Waals surface area contributed by atoms with Gasteiger partial charge in [-0.1, -0.05) is 37.3 Å². The van der Waals surface area contributed by atoms with Gasteiger partial charge in [0, 0.05) is 30.0 Å². The molecule has 1 heterocycles. The normalized spacial score (nSPS) is 20.9. The first-order valence-corrected chi connectivity index (χ1v) is 11.0. The summed E-state index contributed by atoms with van der Waals surface area (Å²) in [6, 6.07) is 14.2. The number of aryl methyl sites for hydroxylation is 1. The van der Waals surface area contributed by atoms with Crippen LogP contribution in [-0.2, 0) is 16.0 Å². The largest absolute Gasteiger partial charge is 0.493 e. The molecule has 1 N–H and O–H groups in total. The molecule has 5 nitrogen and oxygen atoms in total. The fourth-order valence-corrected chi connectivity index (χ4v) is 4.68. The van der Waals surface area contributed by atoms with Gasteiger partial charge in [-0.3, -0.25) is 9.59 Å². The van der Waals surface area contributed by atoms with E-state index in [2.05, 4.69) is 36.5 Å². The second-order valence-corrected chi connectivity index (χ2v) is 8.16. The molecule has 0 spiro atoms. The average molecular weight is 420 g/mol. The second-order valence-electron chi connectivity index (χ2n) is 8.16. The second kappa shape index (κ2) is 8.96. The number of ketones is 1.